The minimum Gasteiger partial charge on any atom is -0.320 e. The van der Waals surface area contributed by atoms with Gasteiger partial charge in [0.2, 0.25) is 0 Å². The van der Waals surface area contributed by atoms with Crippen LogP contribution >= 0.6 is 0 Å². The van der Waals surface area contributed by atoms with Gasteiger partial charge in [-0.2, -0.15) is 0 Å². The van der Waals surface area contributed by atoms with Gasteiger partial charge in [-0.05, 0) is 64.2 Å². The number of nitrogens with zero attached hydrogens (tertiary/aromatic N) is 1. The lowest BCUT2D eigenvalue weighted by molar-refractivity contribution is 0.314. The third-order valence-electron chi connectivity index (χ3n) is 4.69. The van der Waals surface area contributed by atoms with Crippen molar-refractivity contribution in [2.75, 3.05) is 46.3 Å². The average molecular weight is 253 g/mol. The Kier molecular flexibility index (Phi) is 6.46. The van der Waals surface area contributed by atoms with E-state index in [1.807, 2.05) is 0 Å². The Morgan fingerprint density at radius 3 is 2.67 bits per heavy atom. The van der Waals surface area contributed by atoms with Crippen LogP contribution in [0.15, 0.2) is 0 Å². The summed E-state index contributed by atoms with van der Waals surface area (Å²) >= 11 is 0. The molecule has 0 aromatic heterocycles. The molecule has 1 unspecified atom stereocenters. The predicted octanol–water partition coefficient (Wildman–Crippen LogP) is 1.70. The molecule has 0 amide bonds. The number of hydrogen-bond donors (Lipinski definition) is 2. The number of hydrogen-bond acceptors (Lipinski definition) is 3. The lowest BCUT2D eigenvalue weighted by Gasteiger charge is -2.17. The normalized spacial score (nSPS) is 26.2. The largest absolute Gasteiger partial charge is 0.320 e. The lowest BCUT2D eigenvalue weighted by atomic mass is 10.1. The zero-order valence-corrected chi connectivity index (χ0v) is 12.1. The predicted molar refractivity (Wildman–Crippen MR) is 77.9 cm³/mol. The van der Waals surface area contributed by atoms with Crippen LogP contribution in [0.3, 0.4) is 0 Å². The van der Waals surface area contributed by atoms with Crippen LogP contribution in [0, 0.1) is 11.8 Å². The molecule has 0 aromatic rings. The second-order valence-corrected chi connectivity index (χ2v) is 6.20. The fraction of sp³-hybridized carbons (Fsp3) is 1.00. The Hall–Kier alpha value is -0.120. The molecule has 0 aromatic carbocycles. The van der Waals surface area contributed by atoms with Crippen molar-refractivity contribution in [3.8, 4) is 0 Å². The molecular formula is C15H31N3. The minimum atomic E-state index is 0.937. The van der Waals surface area contributed by atoms with Gasteiger partial charge in [0, 0.05) is 19.6 Å². The molecular weight excluding hydrogens is 222 g/mol. The van der Waals surface area contributed by atoms with E-state index in [-0.39, 0.29) is 0 Å². The minimum absolute atomic E-state index is 0.937. The first kappa shape index (κ1) is 14.3. The molecule has 2 fully saturated rings. The second-order valence-electron chi connectivity index (χ2n) is 6.20. The summed E-state index contributed by atoms with van der Waals surface area (Å²) < 4.78 is 0. The third-order valence-corrected chi connectivity index (χ3v) is 4.69. The van der Waals surface area contributed by atoms with Crippen molar-refractivity contribution in [2.24, 2.45) is 11.8 Å². The third kappa shape index (κ3) is 4.87. The Morgan fingerprint density at radius 1 is 1.06 bits per heavy atom. The lowest BCUT2D eigenvalue weighted by Crippen LogP contribution is -2.32. The molecule has 1 heterocycles. The molecule has 2 aliphatic rings. The Bertz CT molecular complexity index is 214. The van der Waals surface area contributed by atoms with Gasteiger partial charge in [-0.1, -0.05) is 12.8 Å². The average Bonchev–Trinajstić information content (AvgIpc) is 3.04. The van der Waals surface area contributed by atoms with Gasteiger partial charge in [-0.25, -0.2) is 0 Å². The van der Waals surface area contributed by atoms with Gasteiger partial charge in [0.1, 0.15) is 0 Å². The molecule has 3 heteroatoms. The van der Waals surface area contributed by atoms with Crippen molar-refractivity contribution in [3.05, 3.63) is 0 Å². The van der Waals surface area contributed by atoms with Gasteiger partial charge < -0.3 is 15.5 Å². The first-order valence-electron chi connectivity index (χ1n) is 7.96. The molecule has 106 valence electrons. The Balaban J connectivity index is 1.47. The fourth-order valence-electron chi connectivity index (χ4n) is 3.46. The maximum atomic E-state index is 3.66. The van der Waals surface area contributed by atoms with Gasteiger partial charge in [0.25, 0.3) is 0 Å². The molecule has 0 spiro atoms. The molecule has 2 rings (SSSR count). The van der Waals surface area contributed by atoms with E-state index in [0.29, 0.717) is 0 Å². The summed E-state index contributed by atoms with van der Waals surface area (Å²) in [5, 5.41) is 6.92. The first-order valence-corrected chi connectivity index (χ1v) is 7.96. The molecule has 1 atom stereocenters. The van der Waals surface area contributed by atoms with Gasteiger partial charge in [-0.3, -0.25) is 0 Å². The van der Waals surface area contributed by atoms with Crippen LogP contribution in [0.1, 0.15) is 38.5 Å². The summed E-state index contributed by atoms with van der Waals surface area (Å²) in [4.78, 5) is 2.64. The molecule has 18 heavy (non-hydrogen) atoms. The summed E-state index contributed by atoms with van der Waals surface area (Å²) in [6.07, 6.45) is 8.61. The van der Waals surface area contributed by atoms with E-state index in [1.165, 1.54) is 77.8 Å². The van der Waals surface area contributed by atoms with Crippen LogP contribution in [-0.2, 0) is 0 Å². The van der Waals surface area contributed by atoms with E-state index in [2.05, 4.69) is 22.6 Å². The van der Waals surface area contributed by atoms with Crippen molar-refractivity contribution < 1.29 is 0 Å². The standard InChI is InChI=1S/C15H31N3/c1-16-8-6-15-7-10-18(13-15)11-9-17-12-14-4-2-3-5-14/h14-17H,2-13H2,1H3. The SMILES string of the molecule is CNCCC1CCN(CCNCC2CCCC2)C1. The van der Waals surface area contributed by atoms with Crippen LogP contribution < -0.4 is 10.6 Å². The number of rotatable bonds is 8. The Morgan fingerprint density at radius 2 is 1.89 bits per heavy atom. The zero-order valence-electron chi connectivity index (χ0n) is 12.1. The van der Waals surface area contributed by atoms with Gasteiger partial charge >= 0.3 is 0 Å². The van der Waals surface area contributed by atoms with E-state index in [0.717, 1.165) is 11.8 Å². The van der Waals surface area contributed by atoms with E-state index < -0.39 is 0 Å². The van der Waals surface area contributed by atoms with Gasteiger partial charge in [0.15, 0.2) is 0 Å². The topological polar surface area (TPSA) is 27.3 Å². The van der Waals surface area contributed by atoms with Crippen LogP contribution in [0.4, 0.5) is 0 Å². The monoisotopic (exact) mass is 253 g/mol. The highest BCUT2D eigenvalue weighted by molar-refractivity contribution is 4.77. The summed E-state index contributed by atoms with van der Waals surface area (Å²) in [6.45, 7) is 7.53. The summed E-state index contributed by atoms with van der Waals surface area (Å²) in [5.74, 6) is 1.92. The molecule has 1 aliphatic carbocycles. The molecule has 1 aliphatic heterocycles. The van der Waals surface area contributed by atoms with Crippen molar-refractivity contribution in [2.45, 2.75) is 38.5 Å². The smallest absolute Gasteiger partial charge is 0.0107 e. The fourth-order valence-corrected chi connectivity index (χ4v) is 3.46. The molecule has 0 bridgehead atoms. The summed E-state index contributed by atoms with van der Waals surface area (Å²) in [7, 11) is 2.06. The highest BCUT2D eigenvalue weighted by atomic mass is 15.2. The highest BCUT2D eigenvalue weighted by Crippen LogP contribution is 2.23. The molecule has 3 nitrogen and oxygen atoms in total. The summed E-state index contributed by atoms with van der Waals surface area (Å²) in [5.41, 5.74) is 0. The van der Waals surface area contributed by atoms with Crippen molar-refractivity contribution in [1.82, 2.24) is 15.5 Å². The molecule has 0 radical (unpaired) electrons. The van der Waals surface area contributed by atoms with Crippen molar-refractivity contribution in [3.63, 3.8) is 0 Å². The van der Waals surface area contributed by atoms with E-state index in [1.54, 1.807) is 0 Å². The number of likely N-dealkylation sites (tertiary alicyclic amines) is 1. The molecule has 1 saturated carbocycles. The van der Waals surface area contributed by atoms with Crippen LogP contribution in [-0.4, -0.2) is 51.2 Å². The van der Waals surface area contributed by atoms with Gasteiger partial charge in [-0.15, -0.1) is 0 Å². The van der Waals surface area contributed by atoms with Crippen molar-refractivity contribution >= 4 is 0 Å². The van der Waals surface area contributed by atoms with Crippen LogP contribution in [0.2, 0.25) is 0 Å². The zero-order chi connectivity index (χ0) is 12.6. The molecule has 2 N–H and O–H groups in total. The first-order chi connectivity index (χ1) is 8.88. The van der Waals surface area contributed by atoms with E-state index in [4.69, 9.17) is 0 Å². The maximum Gasteiger partial charge on any atom is 0.0107 e. The van der Waals surface area contributed by atoms with Crippen molar-refractivity contribution in [1.29, 1.82) is 0 Å². The van der Waals surface area contributed by atoms with Crippen LogP contribution in [0.5, 0.6) is 0 Å². The van der Waals surface area contributed by atoms with E-state index >= 15 is 0 Å². The number of nitrogens with one attached hydrogen (secondary N) is 2. The highest BCUT2D eigenvalue weighted by Gasteiger charge is 2.21. The second kappa shape index (κ2) is 8.13. The van der Waals surface area contributed by atoms with E-state index in [9.17, 15) is 0 Å². The summed E-state index contributed by atoms with van der Waals surface area (Å²) in [6, 6.07) is 0. The quantitative estimate of drug-likeness (QED) is 0.645. The van der Waals surface area contributed by atoms with Gasteiger partial charge in [0.05, 0.1) is 0 Å². The van der Waals surface area contributed by atoms with Crippen LogP contribution in [0.25, 0.3) is 0 Å². The molecule has 1 saturated heterocycles. The Labute approximate surface area is 113 Å². The maximum absolute atomic E-state index is 3.66.